The summed E-state index contributed by atoms with van der Waals surface area (Å²) >= 11 is 0. The van der Waals surface area contributed by atoms with Crippen LogP contribution in [0.2, 0.25) is 0 Å². The molecule has 1 heterocycles. The number of H-pyrrole nitrogens is 1. The number of nitrogens with zero attached hydrogens (tertiary/aromatic N) is 1. The van der Waals surface area contributed by atoms with Crippen LogP contribution in [0.25, 0.3) is 10.9 Å². The number of aromatic amines is 1. The van der Waals surface area contributed by atoms with Gasteiger partial charge in [0.05, 0.1) is 12.8 Å². The molecule has 0 unspecified atom stereocenters. The maximum atomic E-state index is 12.8. The zero-order chi connectivity index (χ0) is 17.6. The van der Waals surface area contributed by atoms with Gasteiger partial charge in [-0.3, -0.25) is 9.59 Å². The van der Waals surface area contributed by atoms with Gasteiger partial charge in [0.25, 0.3) is 11.8 Å². The SMILES string of the molecule is O=C(CNC(=O)c1ccc(F)cc1)N/N=C/c1c[nH]c2ccccc12. The molecule has 3 N–H and O–H groups in total. The largest absolute Gasteiger partial charge is 0.361 e. The minimum atomic E-state index is -0.466. The topological polar surface area (TPSA) is 86.3 Å². The number of amides is 2. The normalized spacial score (nSPS) is 10.9. The van der Waals surface area contributed by atoms with E-state index in [2.05, 4.69) is 20.8 Å². The number of benzene rings is 2. The van der Waals surface area contributed by atoms with Crippen molar-refractivity contribution in [3.8, 4) is 0 Å². The number of carbonyl (C=O) groups excluding carboxylic acids is 2. The highest BCUT2D eigenvalue weighted by atomic mass is 19.1. The number of hydrogen-bond donors (Lipinski definition) is 3. The molecule has 6 nitrogen and oxygen atoms in total. The lowest BCUT2D eigenvalue weighted by atomic mass is 10.2. The highest BCUT2D eigenvalue weighted by Gasteiger charge is 2.07. The molecule has 0 aliphatic carbocycles. The van der Waals surface area contributed by atoms with E-state index in [4.69, 9.17) is 0 Å². The molecule has 0 saturated carbocycles. The summed E-state index contributed by atoms with van der Waals surface area (Å²) in [7, 11) is 0. The number of aromatic nitrogens is 1. The van der Waals surface area contributed by atoms with E-state index >= 15 is 0 Å². The van der Waals surface area contributed by atoms with E-state index in [-0.39, 0.29) is 12.1 Å². The van der Waals surface area contributed by atoms with Crippen LogP contribution in [0.1, 0.15) is 15.9 Å². The molecular weight excluding hydrogens is 323 g/mol. The lowest BCUT2D eigenvalue weighted by Gasteiger charge is -2.04. The third-order valence-corrected chi connectivity index (χ3v) is 3.53. The van der Waals surface area contributed by atoms with E-state index in [0.717, 1.165) is 16.5 Å². The number of hydrogen-bond acceptors (Lipinski definition) is 3. The van der Waals surface area contributed by atoms with Crippen LogP contribution in [0, 0.1) is 5.82 Å². The van der Waals surface area contributed by atoms with Gasteiger partial charge in [-0.05, 0) is 30.3 Å². The van der Waals surface area contributed by atoms with Crippen molar-refractivity contribution < 1.29 is 14.0 Å². The minimum Gasteiger partial charge on any atom is -0.361 e. The Hall–Kier alpha value is -3.48. The highest BCUT2D eigenvalue weighted by Crippen LogP contribution is 2.15. The van der Waals surface area contributed by atoms with Crippen LogP contribution < -0.4 is 10.7 Å². The fourth-order valence-corrected chi connectivity index (χ4v) is 2.28. The second-order valence-corrected chi connectivity index (χ2v) is 5.27. The number of fused-ring (bicyclic) bond motifs is 1. The van der Waals surface area contributed by atoms with Crippen LogP contribution in [0.4, 0.5) is 4.39 Å². The summed E-state index contributed by atoms with van der Waals surface area (Å²) < 4.78 is 12.8. The molecule has 0 radical (unpaired) electrons. The Morgan fingerprint density at radius 3 is 2.68 bits per heavy atom. The van der Waals surface area contributed by atoms with Crippen molar-refractivity contribution >= 4 is 28.9 Å². The Morgan fingerprint density at radius 2 is 1.88 bits per heavy atom. The summed E-state index contributed by atoms with van der Waals surface area (Å²) in [6, 6.07) is 12.8. The molecule has 0 atom stereocenters. The van der Waals surface area contributed by atoms with E-state index in [1.54, 1.807) is 6.20 Å². The second-order valence-electron chi connectivity index (χ2n) is 5.27. The first kappa shape index (κ1) is 16.4. The lowest BCUT2D eigenvalue weighted by molar-refractivity contribution is -0.120. The Balaban J connectivity index is 1.51. The maximum absolute atomic E-state index is 12.8. The molecular formula is C18H15FN4O2. The first-order valence-corrected chi connectivity index (χ1v) is 7.55. The quantitative estimate of drug-likeness (QED) is 0.492. The Kier molecular flexibility index (Phi) is 4.84. The molecule has 0 spiro atoms. The lowest BCUT2D eigenvalue weighted by Crippen LogP contribution is -2.34. The van der Waals surface area contributed by atoms with Crippen molar-refractivity contribution in [3.63, 3.8) is 0 Å². The van der Waals surface area contributed by atoms with Crippen molar-refractivity contribution in [2.75, 3.05) is 6.54 Å². The molecule has 3 aromatic rings. The van der Waals surface area contributed by atoms with Crippen LogP contribution in [0.15, 0.2) is 59.8 Å². The van der Waals surface area contributed by atoms with E-state index in [9.17, 15) is 14.0 Å². The van der Waals surface area contributed by atoms with E-state index in [1.165, 1.54) is 30.5 Å². The number of nitrogens with one attached hydrogen (secondary N) is 3. The smallest absolute Gasteiger partial charge is 0.259 e. The molecule has 0 bridgehead atoms. The van der Waals surface area contributed by atoms with Gasteiger partial charge in [0, 0.05) is 28.2 Å². The van der Waals surface area contributed by atoms with Gasteiger partial charge in [-0.15, -0.1) is 0 Å². The van der Waals surface area contributed by atoms with Gasteiger partial charge < -0.3 is 10.3 Å². The van der Waals surface area contributed by atoms with Crippen molar-refractivity contribution in [2.24, 2.45) is 5.10 Å². The highest BCUT2D eigenvalue weighted by molar-refractivity contribution is 5.99. The molecule has 126 valence electrons. The van der Waals surface area contributed by atoms with Crippen LogP contribution in [0.5, 0.6) is 0 Å². The number of carbonyl (C=O) groups is 2. The van der Waals surface area contributed by atoms with Gasteiger partial charge in [-0.25, -0.2) is 9.82 Å². The summed E-state index contributed by atoms with van der Waals surface area (Å²) in [5, 5.41) is 7.31. The van der Waals surface area contributed by atoms with Crippen molar-refractivity contribution in [3.05, 3.63) is 71.7 Å². The van der Waals surface area contributed by atoms with Gasteiger partial charge in [-0.2, -0.15) is 5.10 Å². The van der Waals surface area contributed by atoms with Crippen LogP contribution in [0.3, 0.4) is 0 Å². The fraction of sp³-hybridized carbons (Fsp3) is 0.0556. The van der Waals surface area contributed by atoms with Crippen molar-refractivity contribution in [1.82, 2.24) is 15.7 Å². The number of para-hydroxylation sites is 1. The Bertz CT molecular complexity index is 932. The molecule has 3 rings (SSSR count). The zero-order valence-electron chi connectivity index (χ0n) is 13.1. The fourth-order valence-electron chi connectivity index (χ4n) is 2.28. The van der Waals surface area contributed by atoms with Crippen LogP contribution in [-0.4, -0.2) is 29.6 Å². The van der Waals surface area contributed by atoms with E-state index in [0.29, 0.717) is 0 Å². The molecule has 2 amide bonds. The number of hydrazone groups is 1. The average Bonchev–Trinajstić information content (AvgIpc) is 3.04. The van der Waals surface area contributed by atoms with Gasteiger partial charge in [0.1, 0.15) is 5.82 Å². The summed E-state index contributed by atoms with van der Waals surface area (Å²) in [6.45, 7) is -0.235. The van der Waals surface area contributed by atoms with E-state index < -0.39 is 17.6 Å². The first-order valence-electron chi connectivity index (χ1n) is 7.55. The third-order valence-electron chi connectivity index (χ3n) is 3.53. The number of halogens is 1. The summed E-state index contributed by atoms with van der Waals surface area (Å²) in [5.74, 6) is -1.36. The molecule has 0 fully saturated rings. The van der Waals surface area contributed by atoms with Crippen molar-refractivity contribution in [1.29, 1.82) is 0 Å². The summed E-state index contributed by atoms with van der Waals surface area (Å²) in [6.07, 6.45) is 3.31. The maximum Gasteiger partial charge on any atom is 0.259 e. The Morgan fingerprint density at radius 1 is 1.12 bits per heavy atom. The van der Waals surface area contributed by atoms with E-state index in [1.807, 2.05) is 24.3 Å². The van der Waals surface area contributed by atoms with Crippen molar-refractivity contribution in [2.45, 2.75) is 0 Å². The molecule has 0 aliphatic heterocycles. The monoisotopic (exact) mass is 338 g/mol. The van der Waals surface area contributed by atoms with Gasteiger partial charge >= 0.3 is 0 Å². The average molecular weight is 338 g/mol. The third kappa shape index (κ3) is 4.08. The number of rotatable bonds is 5. The molecule has 1 aromatic heterocycles. The zero-order valence-corrected chi connectivity index (χ0v) is 13.1. The first-order chi connectivity index (χ1) is 12.1. The minimum absolute atomic E-state index is 0.235. The predicted molar refractivity (Wildman–Crippen MR) is 92.8 cm³/mol. The molecule has 25 heavy (non-hydrogen) atoms. The Labute approximate surface area is 142 Å². The van der Waals surface area contributed by atoms with Crippen LogP contribution in [-0.2, 0) is 4.79 Å². The van der Waals surface area contributed by atoms with Gasteiger partial charge in [-0.1, -0.05) is 18.2 Å². The molecule has 2 aromatic carbocycles. The van der Waals surface area contributed by atoms with Gasteiger partial charge in [0.2, 0.25) is 0 Å². The molecule has 0 aliphatic rings. The van der Waals surface area contributed by atoms with Crippen LogP contribution >= 0.6 is 0 Å². The summed E-state index contributed by atoms with van der Waals surface area (Å²) in [5.41, 5.74) is 4.43. The van der Waals surface area contributed by atoms with Gasteiger partial charge in [0.15, 0.2) is 0 Å². The molecule has 7 heteroatoms. The second kappa shape index (κ2) is 7.39. The standard InChI is InChI=1S/C18H15FN4O2/c19-14-7-5-12(6-8-14)18(25)21-11-17(24)23-22-10-13-9-20-16-4-2-1-3-15(13)16/h1-10,20H,11H2,(H,21,25)(H,23,24)/b22-10+. The predicted octanol–water partition coefficient (Wildman–Crippen LogP) is 2.19. The summed E-state index contributed by atoms with van der Waals surface area (Å²) in [4.78, 5) is 26.6. The molecule has 0 saturated heterocycles.